The highest BCUT2D eigenvalue weighted by molar-refractivity contribution is 5.32. The molecule has 0 aromatic heterocycles. The Morgan fingerprint density at radius 3 is 2.45 bits per heavy atom. The van der Waals surface area contributed by atoms with Gasteiger partial charge < -0.3 is 19.1 Å². The quantitative estimate of drug-likeness (QED) is 0.848. The van der Waals surface area contributed by atoms with E-state index >= 15 is 0 Å². The van der Waals surface area contributed by atoms with Crippen LogP contribution in [0.2, 0.25) is 0 Å². The smallest absolute Gasteiger partial charge is 0.137 e. The van der Waals surface area contributed by atoms with Crippen LogP contribution in [0.5, 0.6) is 11.5 Å². The van der Waals surface area contributed by atoms with Crippen LogP contribution in [0.15, 0.2) is 24.3 Å². The zero-order valence-corrected chi connectivity index (χ0v) is 12.7. The first kappa shape index (κ1) is 15.1. The molecule has 2 rings (SSSR count). The van der Waals surface area contributed by atoms with Crippen LogP contribution in [0.4, 0.5) is 0 Å². The van der Waals surface area contributed by atoms with Gasteiger partial charge in [0, 0.05) is 6.07 Å². The molecule has 1 N–H and O–H groups in total. The summed E-state index contributed by atoms with van der Waals surface area (Å²) < 4.78 is 17.0. The molecule has 0 bridgehead atoms. The SMILES string of the molecule is CCOc1cccc(OCC[NH+]2C[C@@H](C)O[C@@H](C)C2)c1. The van der Waals surface area contributed by atoms with Crippen LogP contribution in [-0.4, -0.2) is 45.1 Å². The first-order valence-electron chi connectivity index (χ1n) is 7.52. The summed E-state index contributed by atoms with van der Waals surface area (Å²) >= 11 is 0. The Bertz CT molecular complexity index is 400. The normalized spacial score (nSPS) is 26.2. The van der Waals surface area contributed by atoms with Crippen molar-refractivity contribution in [3.05, 3.63) is 24.3 Å². The zero-order valence-electron chi connectivity index (χ0n) is 12.7. The average Bonchev–Trinajstić information content (AvgIpc) is 2.38. The number of hydrogen-bond donors (Lipinski definition) is 1. The minimum absolute atomic E-state index is 0.343. The predicted octanol–water partition coefficient (Wildman–Crippen LogP) is 1.16. The standard InChI is InChI=1S/C16H25NO3/c1-4-18-15-6-5-7-16(10-15)19-9-8-17-11-13(2)20-14(3)12-17/h5-7,10,13-14H,4,8-9,11-12H2,1-3H3/p+1/t13-,14+. The highest BCUT2D eigenvalue weighted by atomic mass is 16.5. The van der Waals surface area contributed by atoms with Gasteiger partial charge in [-0.05, 0) is 32.9 Å². The molecular weight excluding hydrogens is 254 g/mol. The van der Waals surface area contributed by atoms with E-state index in [1.54, 1.807) is 4.90 Å². The van der Waals surface area contributed by atoms with E-state index in [0.717, 1.165) is 37.7 Å². The Balaban J connectivity index is 1.76. The molecule has 1 aromatic rings. The average molecular weight is 280 g/mol. The van der Waals surface area contributed by atoms with Gasteiger partial charge in [0.15, 0.2) is 0 Å². The molecule has 4 heteroatoms. The molecule has 20 heavy (non-hydrogen) atoms. The number of rotatable bonds is 6. The number of ether oxygens (including phenoxy) is 3. The third kappa shape index (κ3) is 4.69. The van der Waals surface area contributed by atoms with Gasteiger partial charge in [-0.2, -0.15) is 0 Å². The number of benzene rings is 1. The molecule has 1 aliphatic rings. The molecule has 0 saturated carbocycles. The van der Waals surface area contributed by atoms with E-state index < -0.39 is 0 Å². The van der Waals surface area contributed by atoms with Crippen molar-refractivity contribution < 1.29 is 19.1 Å². The maximum atomic E-state index is 5.82. The first-order chi connectivity index (χ1) is 9.67. The molecule has 1 fully saturated rings. The van der Waals surface area contributed by atoms with Gasteiger partial charge in [-0.1, -0.05) is 6.07 Å². The van der Waals surface area contributed by atoms with Crippen LogP contribution in [0.3, 0.4) is 0 Å². The Morgan fingerprint density at radius 1 is 1.15 bits per heavy atom. The van der Waals surface area contributed by atoms with Crippen molar-refractivity contribution >= 4 is 0 Å². The molecule has 0 amide bonds. The van der Waals surface area contributed by atoms with E-state index in [2.05, 4.69) is 13.8 Å². The van der Waals surface area contributed by atoms with Crippen molar-refractivity contribution in [1.29, 1.82) is 0 Å². The monoisotopic (exact) mass is 280 g/mol. The van der Waals surface area contributed by atoms with Gasteiger partial charge in [0.25, 0.3) is 0 Å². The minimum Gasteiger partial charge on any atom is -0.494 e. The van der Waals surface area contributed by atoms with Gasteiger partial charge in [-0.3, -0.25) is 0 Å². The maximum absolute atomic E-state index is 5.82. The van der Waals surface area contributed by atoms with E-state index in [9.17, 15) is 0 Å². The topological polar surface area (TPSA) is 32.1 Å². The van der Waals surface area contributed by atoms with Crippen molar-refractivity contribution in [3.8, 4) is 11.5 Å². The van der Waals surface area contributed by atoms with Crippen LogP contribution in [0.25, 0.3) is 0 Å². The largest absolute Gasteiger partial charge is 0.494 e. The summed E-state index contributed by atoms with van der Waals surface area (Å²) in [6.07, 6.45) is 0.685. The van der Waals surface area contributed by atoms with Gasteiger partial charge in [0.1, 0.15) is 49.9 Å². The van der Waals surface area contributed by atoms with Crippen molar-refractivity contribution in [2.75, 3.05) is 32.8 Å². The molecule has 1 aromatic carbocycles. The number of quaternary nitrogens is 1. The lowest BCUT2D eigenvalue weighted by molar-refractivity contribution is -0.915. The number of hydrogen-bond acceptors (Lipinski definition) is 3. The van der Waals surface area contributed by atoms with Crippen LogP contribution < -0.4 is 14.4 Å². The van der Waals surface area contributed by atoms with E-state index in [1.807, 2.05) is 31.2 Å². The fraction of sp³-hybridized carbons (Fsp3) is 0.625. The summed E-state index contributed by atoms with van der Waals surface area (Å²) in [5, 5.41) is 0. The van der Waals surface area contributed by atoms with E-state index in [-0.39, 0.29) is 0 Å². The Morgan fingerprint density at radius 2 is 1.80 bits per heavy atom. The molecule has 3 atom stereocenters. The van der Waals surface area contributed by atoms with Gasteiger partial charge in [0.05, 0.1) is 6.61 Å². The lowest BCUT2D eigenvalue weighted by Gasteiger charge is -2.32. The Kier molecular flexibility index (Phi) is 5.68. The summed E-state index contributed by atoms with van der Waals surface area (Å²) in [6.45, 7) is 10.8. The van der Waals surface area contributed by atoms with E-state index in [0.29, 0.717) is 18.8 Å². The Labute approximate surface area is 121 Å². The van der Waals surface area contributed by atoms with Crippen molar-refractivity contribution in [2.24, 2.45) is 0 Å². The highest BCUT2D eigenvalue weighted by Gasteiger charge is 2.25. The van der Waals surface area contributed by atoms with Crippen molar-refractivity contribution in [3.63, 3.8) is 0 Å². The van der Waals surface area contributed by atoms with Gasteiger partial charge in [-0.15, -0.1) is 0 Å². The second kappa shape index (κ2) is 7.50. The molecule has 112 valence electrons. The molecule has 1 aliphatic heterocycles. The van der Waals surface area contributed by atoms with Crippen LogP contribution in [0, 0.1) is 0 Å². The maximum Gasteiger partial charge on any atom is 0.137 e. The van der Waals surface area contributed by atoms with Crippen LogP contribution in [-0.2, 0) is 4.74 Å². The molecule has 1 unspecified atom stereocenters. The lowest BCUT2D eigenvalue weighted by atomic mass is 10.2. The van der Waals surface area contributed by atoms with Crippen molar-refractivity contribution in [2.45, 2.75) is 33.0 Å². The van der Waals surface area contributed by atoms with Crippen LogP contribution >= 0.6 is 0 Å². The summed E-state index contributed by atoms with van der Waals surface area (Å²) in [4.78, 5) is 1.55. The second-order valence-corrected chi connectivity index (χ2v) is 5.42. The molecule has 0 spiro atoms. The summed E-state index contributed by atoms with van der Waals surface area (Å²) in [5.74, 6) is 1.75. The molecule has 4 nitrogen and oxygen atoms in total. The van der Waals surface area contributed by atoms with E-state index in [4.69, 9.17) is 14.2 Å². The van der Waals surface area contributed by atoms with Gasteiger partial charge in [-0.25, -0.2) is 0 Å². The fourth-order valence-electron chi connectivity index (χ4n) is 2.73. The Hall–Kier alpha value is -1.26. The molecule has 0 aliphatic carbocycles. The van der Waals surface area contributed by atoms with E-state index in [1.165, 1.54) is 0 Å². The van der Waals surface area contributed by atoms with Crippen LogP contribution in [0.1, 0.15) is 20.8 Å². The number of morpholine rings is 1. The third-order valence-electron chi connectivity index (χ3n) is 3.46. The highest BCUT2D eigenvalue weighted by Crippen LogP contribution is 2.18. The second-order valence-electron chi connectivity index (χ2n) is 5.42. The molecular formula is C16H26NO3+. The summed E-state index contributed by atoms with van der Waals surface area (Å²) in [6, 6.07) is 7.84. The molecule has 1 saturated heterocycles. The fourth-order valence-corrected chi connectivity index (χ4v) is 2.73. The van der Waals surface area contributed by atoms with Gasteiger partial charge >= 0.3 is 0 Å². The summed E-state index contributed by atoms with van der Waals surface area (Å²) in [5.41, 5.74) is 0. The first-order valence-corrected chi connectivity index (χ1v) is 7.52. The number of nitrogens with one attached hydrogen (secondary N) is 1. The van der Waals surface area contributed by atoms with Crippen molar-refractivity contribution in [1.82, 2.24) is 0 Å². The third-order valence-corrected chi connectivity index (χ3v) is 3.46. The molecule has 1 heterocycles. The van der Waals surface area contributed by atoms with Gasteiger partial charge in [0.2, 0.25) is 0 Å². The lowest BCUT2D eigenvalue weighted by Crippen LogP contribution is -3.16. The predicted molar refractivity (Wildman–Crippen MR) is 78.7 cm³/mol. The molecule has 0 radical (unpaired) electrons. The summed E-state index contributed by atoms with van der Waals surface area (Å²) in [7, 11) is 0. The minimum atomic E-state index is 0.343. The zero-order chi connectivity index (χ0) is 14.4.